The third-order valence-electron chi connectivity index (χ3n) is 5.19. The van der Waals surface area contributed by atoms with Gasteiger partial charge in [0.2, 0.25) is 5.88 Å². The number of anilines is 1. The number of amides is 1. The van der Waals surface area contributed by atoms with Gasteiger partial charge in [0.15, 0.2) is 0 Å². The molecule has 4 rings (SSSR count). The molecule has 30 heavy (non-hydrogen) atoms. The average Bonchev–Trinajstić information content (AvgIpc) is 3.05. The number of hydrogen-bond acceptors (Lipinski definition) is 4. The van der Waals surface area contributed by atoms with Gasteiger partial charge in [-0.15, -0.1) is 0 Å². The molecule has 1 aromatic heterocycles. The lowest BCUT2D eigenvalue weighted by Gasteiger charge is -2.23. The van der Waals surface area contributed by atoms with Crippen LogP contribution in [0.4, 0.5) is 10.1 Å². The fourth-order valence-corrected chi connectivity index (χ4v) is 3.57. The third-order valence-corrected chi connectivity index (χ3v) is 5.19. The van der Waals surface area contributed by atoms with Crippen molar-refractivity contribution in [1.29, 1.82) is 0 Å². The lowest BCUT2D eigenvalue weighted by molar-refractivity contribution is 0.0766. The minimum Gasteiger partial charge on any atom is -0.473 e. The van der Waals surface area contributed by atoms with Crippen LogP contribution in [0.15, 0.2) is 72.9 Å². The van der Waals surface area contributed by atoms with Crippen LogP contribution in [0.2, 0.25) is 0 Å². The van der Waals surface area contributed by atoms with E-state index in [2.05, 4.69) is 9.88 Å². The second-order valence-corrected chi connectivity index (χ2v) is 7.27. The maximum atomic E-state index is 13.2. The van der Waals surface area contributed by atoms with E-state index in [4.69, 9.17) is 4.74 Å². The van der Waals surface area contributed by atoms with E-state index in [-0.39, 0.29) is 11.7 Å². The quantitative estimate of drug-likeness (QED) is 0.640. The van der Waals surface area contributed by atoms with Crippen molar-refractivity contribution in [2.45, 2.75) is 13.0 Å². The number of nitrogens with zero attached hydrogens (tertiary/aromatic N) is 3. The van der Waals surface area contributed by atoms with Crippen molar-refractivity contribution in [3.8, 4) is 5.88 Å². The van der Waals surface area contributed by atoms with E-state index in [1.54, 1.807) is 30.5 Å². The number of carbonyl (C=O) groups excluding carboxylic acids is 1. The third kappa shape index (κ3) is 4.95. The molecular weight excluding hydrogens is 381 g/mol. The maximum Gasteiger partial charge on any atom is 0.254 e. The fraction of sp³-hybridized carbons (Fsp3) is 0.250. The predicted molar refractivity (Wildman–Crippen MR) is 114 cm³/mol. The highest BCUT2D eigenvalue weighted by molar-refractivity contribution is 5.94. The molecule has 2 aromatic carbocycles. The van der Waals surface area contributed by atoms with Crippen LogP contribution in [-0.4, -0.2) is 42.0 Å². The van der Waals surface area contributed by atoms with Crippen LogP contribution in [0.1, 0.15) is 22.3 Å². The van der Waals surface area contributed by atoms with Crippen LogP contribution in [-0.2, 0) is 6.61 Å². The Morgan fingerprint density at radius 2 is 1.77 bits per heavy atom. The first-order valence-electron chi connectivity index (χ1n) is 10.1. The molecule has 1 fully saturated rings. The van der Waals surface area contributed by atoms with Crippen LogP contribution < -0.4 is 9.64 Å². The van der Waals surface area contributed by atoms with Crippen LogP contribution in [0.5, 0.6) is 5.88 Å². The number of carbonyl (C=O) groups is 1. The van der Waals surface area contributed by atoms with Crippen LogP contribution in [0.3, 0.4) is 0 Å². The number of pyridine rings is 1. The second kappa shape index (κ2) is 9.39. The first-order valence-corrected chi connectivity index (χ1v) is 10.1. The van der Waals surface area contributed by atoms with Gasteiger partial charge >= 0.3 is 0 Å². The normalized spacial score (nSPS) is 14.3. The van der Waals surface area contributed by atoms with Crippen molar-refractivity contribution in [3.05, 3.63) is 89.9 Å². The van der Waals surface area contributed by atoms with Gasteiger partial charge in [0, 0.05) is 49.7 Å². The zero-order chi connectivity index (χ0) is 20.8. The summed E-state index contributed by atoms with van der Waals surface area (Å²) in [4.78, 5) is 21.3. The van der Waals surface area contributed by atoms with Crippen molar-refractivity contribution in [2.24, 2.45) is 0 Å². The van der Waals surface area contributed by atoms with Crippen LogP contribution >= 0.6 is 0 Å². The van der Waals surface area contributed by atoms with Crippen molar-refractivity contribution < 1.29 is 13.9 Å². The van der Waals surface area contributed by atoms with Crippen LogP contribution in [0.25, 0.3) is 0 Å². The predicted octanol–water partition coefficient (Wildman–Crippen LogP) is 4.15. The fourth-order valence-electron chi connectivity index (χ4n) is 3.57. The van der Waals surface area contributed by atoms with Crippen molar-refractivity contribution in [2.75, 3.05) is 31.1 Å². The molecule has 0 aliphatic carbocycles. The Bertz CT molecular complexity index is 979. The van der Waals surface area contributed by atoms with Crippen molar-refractivity contribution in [1.82, 2.24) is 9.88 Å². The molecule has 1 amide bonds. The summed E-state index contributed by atoms with van der Waals surface area (Å²) in [7, 11) is 0. The molecule has 0 bridgehead atoms. The second-order valence-electron chi connectivity index (χ2n) is 7.27. The smallest absolute Gasteiger partial charge is 0.254 e. The molecule has 0 saturated carbocycles. The molecule has 3 aromatic rings. The highest BCUT2D eigenvalue weighted by Crippen LogP contribution is 2.19. The maximum absolute atomic E-state index is 13.2. The Balaban J connectivity index is 1.38. The zero-order valence-corrected chi connectivity index (χ0v) is 16.7. The summed E-state index contributed by atoms with van der Waals surface area (Å²) in [5, 5.41) is 0. The topological polar surface area (TPSA) is 45.7 Å². The van der Waals surface area contributed by atoms with Gasteiger partial charge in [-0.1, -0.05) is 30.3 Å². The lowest BCUT2D eigenvalue weighted by atomic mass is 10.2. The lowest BCUT2D eigenvalue weighted by Crippen LogP contribution is -2.35. The number of hydrogen-bond donors (Lipinski definition) is 0. The van der Waals surface area contributed by atoms with Gasteiger partial charge in [-0.05, 0) is 42.3 Å². The van der Waals surface area contributed by atoms with E-state index in [9.17, 15) is 9.18 Å². The van der Waals surface area contributed by atoms with E-state index < -0.39 is 0 Å². The largest absolute Gasteiger partial charge is 0.473 e. The first kappa shape index (κ1) is 19.9. The average molecular weight is 405 g/mol. The van der Waals surface area contributed by atoms with E-state index in [1.165, 1.54) is 12.1 Å². The van der Waals surface area contributed by atoms with Gasteiger partial charge < -0.3 is 14.5 Å². The van der Waals surface area contributed by atoms with Gasteiger partial charge in [0.25, 0.3) is 5.91 Å². The van der Waals surface area contributed by atoms with Gasteiger partial charge in [-0.2, -0.15) is 0 Å². The molecule has 0 spiro atoms. The molecule has 6 heteroatoms. The summed E-state index contributed by atoms with van der Waals surface area (Å²) in [6.45, 7) is 3.23. The Kier molecular flexibility index (Phi) is 6.23. The summed E-state index contributed by atoms with van der Waals surface area (Å²) >= 11 is 0. The monoisotopic (exact) mass is 405 g/mol. The standard InChI is InChI=1S/C24H24FN3O2/c25-21-7-9-22(10-8-21)27-13-4-14-28(16-15-27)24(29)20-11-12-26-23(17-20)30-18-19-5-2-1-3-6-19/h1-3,5-12,17H,4,13-16,18H2. The van der Waals surface area contributed by atoms with Gasteiger partial charge in [-0.25, -0.2) is 9.37 Å². The van der Waals surface area contributed by atoms with Crippen LogP contribution in [0, 0.1) is 5.82 Å². The SMILES string of the molecule is O=C(c1ccnc(OCc2ccccc2)c1)N1CCCN(c2ccc(F)cc2)CC1. The Morgan fingerprint density at radius 1 is 0.967 bits per heavy atom. The van der Waals surface area contributed by atoms with Gasteiger partial charge in [-0.3, -0.25) is 4.79 Å². The summed E-state index contributed by atoms with van der Waals surface area (Å²) in [5.41, 5.74) is 2.60. The summed E-state index contributed by atoms with van der Waals surface area (Å²) in [6, 6.07) is 19.8. The number of rotatable bonds is 5. The Labute approximate surface area is 175 Å². The summed E-state index contributed by atoms with van der Waals surface area (Å²) in [5.74, 6) is 0.170. The summed E-state index contributed by atoms with van der Waals surface area (Å²) in [6.07, 6.45) is 2.46. The molecule has 0 radical (unpaired) electrons. The van der Waals surface area contributed by atoms with Crippen molar-refractivity contribution in [3.63, 3.8) is 0 Å². The molecule has 5 nitrogen and oxygen atoms in total. The number of halogens is 1. The molecule has 1 saturated heterocycles. The van der Waals surface area contributed by atoms with E-state index in [0.29, 0.717) is 37.7 Å². The van der Waals surface area contributed by atoms with Crippen molar-refractivity contribution >= 4 is 11.6 Å². The van der Waals surface area contributed by atoms with Gasteiger partial charge in [0.1, 0.15) is 12.4 Å². The van der Waals surface area contributed by atoms with E-state index in [1.807, 2.05) is 35.2 Å². The Hall–Kier alpha value is -3.41. The molecule has 0 N–H and O–H groups in total. The molecule has 154 valence electrons. The first-order chi connectivity index (χ1) is 14.7. The highest BCUT2D eigenvalue weighted by Gasteiger charge is 2.21. The number of ether oxygens (including phenoxy) is 1. The number of benzene rings is 2. The molecule has 0 atom stereocenters. The zero-order valence-electron chi connectivity index (χ0n) is 16.7. The highest BCUT2D eigenvalue weighted by atomic mass is 19.1. The molecule has 1 aliphatic rings. The van der Waals surface area contributed by atoms with E-state index >= 15 is 0 Å². The number of aromatic nitrogens is 1. The molecular formula is C24H24FN3O2. The molecule has 1 aliphatic heterocycles. The molecule has 0 unspecified atom stereocenters. The molecule has 2 heterocycles. The van der Waals surface area contributed by atoms with E-state index in [0.717, 1.165) is 24.2 Å². The van der Waals surface area contributed by atoms with Gasteiger partial charge in [0.05, 0.1) is 0 Å². The summed E-state index contributed by atoms with van der Waals surface area (Å²) < 4.78 is 18.9. The minimum atomic E-state index is -0.242. The Morgan fingerprint density at radius 3 is 2.57 bits per heavy atom. The minimum absolute atomic E-state index is 0.0251.